The van der Waals surface area contributed by atoms with Crippen LogP contribution in [0.1, 0.15) is 11.1 Å². The average molecular weight is 425 g/mol. The van der Waals surface area contributed by atoms with Gasteiger partial charge >= 0.3 is 12.4 Å². The molecule has 9 heteroatoms. The Morgan fingerprint density at radius 2 is 1.17 bits per heavy atom. The van der Waals surface area contributed by atoms with Crippen LogP contribution in [0.3, 0.4) is 0 Å². The van der Waals surface area contributed by atoms with Crippen molar-refractivity contribution in [2.75, 3.05) is 17.2 Å². The van der Waals surface area contributed by atoms with E-state index in [0.717, 1.165) is 24.3 Å². The summed E-state index contributed by atoms with van der Waals surface area (Å²) < 4.78 is 86.7. The highest BCUT2D eigenvalue weighted by Gasteiger charge is 2.73. The predicted octanol–water partition coefficient (Wildman–Crippen LogP) is 5.51. The molecule has 3 nitrogen and oxygen atoms in total. The van der Waals surface area contributed by atoms with Gasteiger partial charge in [-0.3, -0.25) is 0 Å². The first kappa shape index (κ1) is 21.4. The molecule has 0 aromatic heterocycles. The third kappa shape index (κ3) is 3.30. The van der Waals surface area contributed by atoms with Crippen LogP contribution in [0, 0.1) is 0 Å². The molecule has 0 heterocycles. The Labute approximate surface area is 168 Å². The molecule has 0 atom stereocenters. The van der Waals surface area contributed by atoms with Crippen molar-refractivity contribution in [3.8, 4) is 11.1 Å². The second-order valence-electron chi connectivity index (χ2n) is 6.76. The largest absolute Gasteiger partial charge is 0.411 e. The average Bonchev–Trinajstić information content (AvgIpc) is 2.61. The lowest BCUT2D eigenvalue weighted by atomic mass is 9.70. The van der Waals surface area contributed by atoms with Gasteiger partial charge in [0.2, 0.25) is 5.41 Å². The van der Waals surface area contributed by atoms with Crippen LogP contribution in [0.25, 0.3) is 11.1 Å². The maximum absolute atomic E-state index is 14.4. The lowest BCUT2D eigenvalue weighted by Gasteiger charge is -2.39. The van der Waals surface area contributed by atoms with Gasteiger partial charge in [-0.25, -0.2) is 0 Å². The monoisotopic (exact) mass is 425 g/mol. The molecule has 3 aromatic rings. The Kier molecular flexibility index (Phi) is 5.09. The van der Waals surface area contributed by atoms with E-state index in [4.69, 9.17) is 17.2 Å². The summed E-state index contributed by atoms with van der Waals surface area (Å²) in [6.45, 7) is 0. The number of hydrogen-bond acceptors (Lipinski definition) is 3. The van der Waals surface area contributed by atoms with Gasteiger partial charge in [0, 0.05) is 22.6 Å². The quantitative estimate of drug-likeness (QED) is 0.382. The van der Waals surface area contributed by atoms with Crippen molar-refractivity contribution in [1.82, 2.24) is 0 Å². The van der Waals surface area contributed by atoms with Crippen LogP contribution in [0.4, 0.5) is 43.4 Å². The number of alkyl halides is 6. The Morgan fingerprint density at radius 3 is 1.70 bits per heavy atom. The second-order valence-corrected chi connectivity index (χ2v) is 6.76. The fourth-order valence-electron chi connectivity index (χ4n) is 3.58. The van der Waals surface area contributed by atoms with Crippen LogP contribution in [-0.2, 0) is 5.41 Å². The maximum atomic E-state index is 14.4. The number of halogens is 6. The van der Waals surface area contributed by atoms with Gasteiger partial charge in [0.05, 0.1) is 0 Å². The molecule has 0 saturated heterocycles. The van der Waals surface area contributed by atoms with Crippen molar-refractivity contribution in [2.45, 2.75) is 17.8 Å². The van der Waals surface area contributed by atoms with E-state index >= 15 is 0 Å². The van der Waals surface area contributed by atoms with Gasteiger partial charge in [0.15, 0.2) is 0 Å². The summed E-state index contributed by atoms with van der Waals surface area (Å²) in [5, 5.41) is 0. The number of hydrogen-bond donors (Lipinski definition) is 3. The molecule has 0 amide bonds. The van der Waals surface area contributed by atoms with Crippen molar-refractivity contribution >= 4 is 17.1 Å². The molecule has 0 aliphatic heterocycles. The van der Waals surface area contributed by atoms with Gasteiger partial charge in [0.1, 0.15) is 0 Å². The standard InChI is InChI=1S/C21H17F6N3/c22-20(23,24)19(21(25,26)27,13-3-1-4-15(29)11-13)16-5-2-6-17(30)18(16)12-7-9-14(28)10-8-12/h1-11H,28-30H2. The van der Waals surface area contributed by atoms with E-state index in [1.54, 1.807) is 0 Å². The minimum atomic E-state index is -5.75. The van der Waals surface area contributed by atoms with E-state index in [1.165, 1.54) is 36.4 Å². The lowest BCUT2D eigenvalue weighted by molar-refractivity contribution is -0.288. The molecule has 0 saturated carbocycles. The predicted molar refractivity (Wildman–Crippen MR) is 104 cm³/mol. The van der Waals surface area contributed by atoms with Gasteiger partial charge in [-0.05, 0) is 47.0 Å². The molecule has 6 N–H and O–H groups in total. The maximum Gasteiger partial charge on any atom is 0.411 e. The number of rotatable bonds is 3. The summed E-state index contributed by atoms with van der Waals surface area (Å²) >= 11 is 0. The van der Waals surface area contributed by atoms with Crippen LogP contribution in [0.5, 0.6) is 0 Å². The van der Waals surface area contributed by atoms with Crippen molar-refractivity contribution in [1.29, 1.82) is 0 Å². The Balaban J connectivity index is 2.51. The smallest absolute Gasteiger partial charge is 0.399 e. The summed E-state index contributed by atoms with van der Waals surface area (Å²) in [4.78, 5) is 0. The van der Waals surface area contributed by atoms with Crippen molar-refractivity contribution in [3.63, 3.8) is 0 Å². The van der Waals surface area contributed by atoms with Crippen molar-refractivity contribution < 1.29 is 26.3 Å². The number of benzene rings is 3. The lowest BCUT2D eigenvalue weighted by Crippen LogP contribution is -2.55. The van der Waals surface area contributed by atoms with E-state index in [-0.39, 0.29) is 22.5 Å². The number of nitrogens with two attached hydrogens (primary N) is 3. The summed E-state index contributed by atoms with van der Waals surface area (Å²) in [5.74, 6) is 0. The fraction of sp³-hybridized carbons (Fsp3) is 0.143. The molecule has 0 aliphatic rings. The highest BCUT2D eigenvalue weighted by atomic mass is 19.4. The van der Waals surface area contributed by atoms with Crippen LogP contribution >= 0.6 is 0 Å². The first-order valence-electron chi connectivity index (χ1n) is 8.64. The molecule has 0 aliphatic carbocycles. The Hall–Kier alpha value is -3.36. The summed E-state index contributed by atoms with van der Waals surface area (Å²) in [5.41, 5.74) is 10.1. The van der Waals surface area contributed by atoms with E-state index in [1.807, 2.05) is 0 Å². The number of nitrogen functional groups attached to an aromatic ring is 3. The normalized spacial score (nSPS) is 12.7. The minimum Gasteiger partial charge on any atom is -0.399 e. The molecule has 158 valence electrons. The summed E-state index contributed by atoms with van der Waals surface area (Å²) in [6.07, 6.45) is -11.5. The fourth-order valence-corrected chi connectivity index (χ4v) is 3.58. The van der Waals surface area contributed by atoms with E-state index in [2.05, 4.69) is 0 Å². The molecule has 0 bridgehead atoms. The van der Waals surface area contributed by atoms with Crippen LogP contribution in [0.15, 0.2) is 66.7 Å². The molecule has 0 fully saturated rings. The van der Waals surface area contributed by atoms with Gasteiger partial charge in [-0.1, -0.05) is 36.4 Å². The molecule has 0 unspecified atom stereocenters. The Morgan fingerprint density at radius 1 is 0.600 bits per heavy atom. The highest BCUT2D eigenvalue weighted by molar-refractivity contribution is 5.82. The first-order valence-corrected chi connectivity index (χ1v) is 8.64. The second kappa shape index (κ2) is 7.16. The first-order chi connectivity index (χ1) is 13.9. The van der Waals surface area contributed by atoms with Crippen molar-refractivity contribution in [3.05, 3.63) is 77.9 Å². The van der Waals surface area contributed by atoms with Gasteiger partial charge in [0.25, 0.3) is 0 Å². The van der Waals surface area contributed by atoms with E-state index in [9.17, 15) is 26.3 Å². The molecule has 30 heavy (non-hydrogen) atoms. The zero-order chi connectivity index (χ0) is 22.3. The van der Waals surface area contributed by atoms with Gasteiger partial charge < -0.3 is 17.2 Å². The SMILES string of the molecule is Nc1ccc(-c2c(N)cccc2C(c2cccc(N)c2)(C(F)(F)F)C(F)(F)F)cc1. The molecule has 3 rings (SSSR count). The van der Waals surface area contributed by atoms with Crippen LogP contribution < -0.4 is 17.2 Å². The molecular formula is C21H17F6N3. The van der Waals surface area contributed by atoms with Gasteiger partial charge in [-0.15, -0.1) is 0 Å². The molecule has 0 spiro atoms. The zero-order valence-electron chi connectivity index (χ0n) is 15.4. The van der Waals surface area contributed by atoms with E-state index in [0.29, 0.717) is 11.8 Å². The van der Waals surface area contributed by atoms with Crippen LogP contribution in [-0.4, -0.2) is 12.4 Å². The number of anilines is 3. The topological polar surface area (TPSA) is 78.1 Å². The highest BCUT2D eigenvalue weighted by Crippen LogP contribution is 2.58. The Bertz CT molecular complexity index is 1040. The minimum absolute atomic E-state index is 0.0686. The van der Waals surface area contributed by atoms with Gasteiger partial charge in [-0.2, -0.15) is 26.3 Å². The third-order valence-corrected chi connectivity index (χ3v) is 4.87. The zero-order valence-corrected chi connectivity index (χ0v) is 15.4. The summed E-state index contributed by atoms with van der Waals surface area (Å²) in [7, 11) is 0. The van der Waals surface area contributed by atoms with E-state index < -0.39 is 28.9 Å². The molecule has 3 aromatic carbocycles. The van der Waals surface area contributed by atoms with Crippen molar-refractivity contribution in [2.24, 2.45) is 0 Å². The summed E-state index contributed by atoms with van der Waals surface area (Å²) in [6, 6.07) is 12.2. The molecule has 0 radical (unpaired) electrons. The third-order valence-electron chi connectivity index (χ3n) is 4.87. The molecular weight excluding hydrogens is 408 g/mol. The van der Waals surface area contributed by atoms with Crippen LogP contribution in [0.2, 0.25) is 0 Å².